The standard InChI is InChI=1S/C24H25FN2O4S/c1-18-10-6-9-15-23(18)31-17-19(2)26-24(28)16-27(22-14-8-7-13-21(22)25)32(29,30)20-11-4-3-5-12-20/h3-15,19H,16-17H2,1-2H3,(H,26,28). The monoisotopic (exact) mass is 456 g/mol. The number of nitrogens with one attached hydrogen (secondary N) is 1. The zero-order valence-electron chi connectivity index (χ0n) is 17.9. The molecule has 0 aliphatic heterocycles. The van der Waals surface area contributed by atoms with Crippen molar-refractivity contribution in [2.45, 2.75) is 24.8 Å². The number of hydrogen-bond acceptors (Lipinski definition) is 4. The summed E-state index contributed by atoms with van der Waals surface area (Å²) in [6.07, 6.45) is 0. The molecule has 0 fully saturated rings. The third kappa shape index (κ3) is 5.64. The molecule has 32 heavy (non-hydrogen) atoms. The van der Waals surface area contributed by atoms with Gasteiger partial charge in [-0.1, -0.05) is 48.5 Å². The molecule has 3 rings (SSSR count). The molecule has 6 nitrogen and oxygen atoms in total. The van der Waals surface area contributed by atoms with Crippen LogP contribution in [0.25, 0.3) is 0 Å². The van der Waals surface area contributed by atoms with E-state index < -0.39 is 34.3 Å². The molecule has 168 valence electrons. The van der Waals surface area contributed by atoms with E-state index in [1.165, 1.54) is 30.3 Å². The maximum atomic E-state index is 14.5. The number of halogens is 1. The lowest BCUT2D eigenvalue weighted by Gasteiger charge is -2.25. The highest BCUT2D eigenvalue weighted by Crippen LogP contribution is 2.26. The minimum atomic E-state index is -4.17. The topological polar surface area (TPSA) is 75.7 Å². The van der Waals surface area contributed by atoms with Crippen molar-refractivity contribution in [2.24, 2.45) is 0 Å². The van der Waals surface area contributed by atoms with Gasteiger partial charge in [0.05, 0.1) is 16.6 Å². The van der Waals surface area contributed by atoms with Gasteiger partial charge < -0.3 is 10.1 Å². The van der Waals surface area contributed by atoms with Crippen molar-refractivity contribution in [3.05, 3.63) is 90.2 Å². The molecule has 0 aliphatic carbocycles. The van der Waals surface area contributed by atoms with Crippen LogP contribution >= 0.6 is 0 Å². The molecule has 0 spiro atoms. The minimum Gasteiger partial charge on any atom is -0.491 e. The number of carbonyl (C=O) groups is 1. The molecule has 1 amide bonds. The van der Waals surface area contributed by atoms with Crippen molar-refractivity contribution in [3.8, 4) is 5.75 Å². The molecule has 3 aromatic rings. The molecule has 0 aromatic heterocycles. The van der Waals surface area contributed by atoms with E-state index >= 15 is 0 Å². The summed E-state index contributed by atoms with van der Waals surface area (Å²) >= 11 is 0. The van der Waals surface area contributed by atoms with Crippen LogP contribution in [-0.2, 0) is 14.8 Å². The highest BCUT2D eigenvalue weighted by molar-refractivity contribution is 7.92. The lowest BCUT2D eigenvalue weighted by atomic mass is 10.2. The Bertz CT molecular complexity index is 1170. The number of ether oxygens (including phenoxy) is 1. The van der Waals surface area contributed by atoms with Gasteiger partial charge in [0, 0.05) is 0 Å². The Labute approximate surface area is 187 Å². The molecule has 0 radical (unpaired) electrons. The average molecular weight is 457 g/mol. The van der Waals surface area contributed by atoms with Crippen LogP contribution in [0.1, 0.15) is 12.5 Å². The van der Waals surface area contributed by atoms with Gasteiger partial charge in [0.15, 0.2) is 0 Å². The summed E-state index contributed by atoms with van der Waals surface area (Å²) in [6, 6.07) is 20.2. The van der Waals surface area contributed by atoms with Crippen LogP contribution in [0, 0.1) is 12.7 Å². The van der Waals surface area contributed by atoms with E-state index in [1.807, 2.05) is 31.2 Å². The number of carbonyl (C=O) groups excluding carboxylic acids is 1. The zero-order chi connectivity index (χ0) is 23.1. The fourth-order valence-electron chi connectivity index (χ4n) is 3.10. The number of nitrogens with zero attached hydrogens (tertiary/aromatic N) is 1. The SMILES string of the molecule is Cc1ccccc1OCC(C)NC(=O)CN(c1ccccc1F)S(=O)(=O)c1ccccc1. The van der Waals surface area contributed by atoms with Crippen LogP contribution in [0.2, 0.25) is 0 Å². The normalized spacial score (nSPS) is 12.1. The maximum absolute atomic E-state index is 14.5. The third-order valence-corrected chi connectivity index (χ3v) is 6.50. The first-order chi connectivity index (χ1) is 15.3. The molecule has 1 N–H and O–H groups in total. The van der Waals surface area contributed by atoms with Crippen LogP contribution < -0.4 is 14.4 Å². The summed E-state index contributed by atoms with van der Waals surface area (Å²) in [6.45, 7) is 3.28. The van der Waals surface area contributed by atoms with Crippen LogP contribution in [0.5, 0.6) is 5.75 Å². The van der Waals surface area contributed by atoms with Gasteiger partial charge in [-0.2, -0.15) is 0 Å². The van der Waals surface area contributed by atoms with E-state index in [2.05, 4.69) is 5.32 Å². The van der Waals surface area contributed by atoms with Crippen LogP contribution in [0.3, 0.4) is 0 Å². The van der Waals surface area contributed by atoms with Crippen molar-refractivity contribution in [1.29, 1.82) is 0 Å². The number of para-hydroxylation sites is 2. The fraction of sp³-hybridized carbons (Fsp3) is 0.208. The van der Waals surface area contributed by atoms with Gasteiger partial charge in [-0.15, -0.1) is 0 Å². The summed E-state index contributed by atoms with van der Waals surface area (Å²) in [7, 11) is -4.17. The molecule has 0 heterocycles. The Kier molecular flexibility index (Phi) is 7.48. The largest absolute Gasteiger partial charge is 0.491 e. The van der Waals surface area contributed by atoms with Crippen LogP contribution in [0.4, 0.5) is 10.1 Å². The van der Waals surface area contributed by atoms with E-state index in [4.69, 9.17) is 4.74 Å². The fourth-order valence-corrected chi connectivity index (χ4v) is 4.55. The Hall–Kier alpha value is -3.39. The third-order valence-electron chi connectivity index (χ3n) is 4.73. The number of aryl methyl sites for hydroxylation is 1. The van der Waals surface area contributed by atoms with E-state index in [0.29, 0.717) is 5.75 Å². The second-order valence-corrected chi connectivity index (χ2v) is 9.18. The molecular formula is C24H25FN2O4S. The van der Waals surface area contributed by atoms with Gasteiger partial charge >= 0.3 is 0 Å². The number of anilines is 1. The summed E-state index contributed by atoms with van der Waals surface area (Å²) in [5, 5.41) is 2.72. The molecule has 0 saturated heterocycles. The summed E-state index contributed by atoms with van der Waals surface area (Å²) in [4.78, 5) is 12.7. The Balaban J connectivity index is 1.75. The van der Waals surface area contributed by atoms with Crippen LogP contribution in [-0.4, -0.2) is 33.5 Å². The first kappa shape index (κ1) is 23.3. The molecule has 0 bridgehead atoms. The van der Waals surface area contributed by atoms with Crippen molar-refractivity contribution < 1.29 is 22.3 Å². The highest BCUT2D eigenvalue weighted by Gasteiger charge is 2.29. The first-order valence-corrected chi connectivity index (χ1v) is 11.5. The molecule has 0 saturated carbocycles. The second-order valence-electron chi connectivity index (χ2n) is 7.32. The van der Waals surface area contributed by atoms with Crippen molar-refractivity contribution in [1.82, 2.24) is 5.32 Å². The van der Waals surface area contributed by atoms with Crippen molar-refractivity contribution in [3.63, 3.8) is 0 Å². The Morgan fingerprint density at radius 2 is 1.62 bits per heavy atom. The van der Waals surface area contributed by atoms with Gasteiger partial charge in [0.1, 0.15) is 24.7 Å². The van der Waals surface area contributed by atoms with E-state index in [-0.39, 0.29) is 17.2 Å². The average Bonchev–Trinajstić information content (AvgIpc) is 2.78. The van der Waals surface area contributed by atoms with Crippen molar-refractivity contribution >= 4 is 21.6 Å². The lowest BCUT2D eigenvalue weighted by Crippen LogP contribution is -2.45. The van der Waals surface area contributed by atoms with Gasteiger partial charge in [-0.05, 0) is 49.7 Å². The second kappa shape index (κ2) is 10.3. The van der Waals surface area contributed by atoms with Crippen LogP contribution in [0.15, 0.2) is 83.8 Å². The predicted molar refractivity (Wildman–Crippen MR) is 122 cm³/mol. The number of hydrogen-bond donors (Lipinski definition) is 1. The van der Waals surface area contributed by atoms with Gasteiger partial charge in [0.25, 0.3) is 10.0 Å². The molecule has 1 unspecified atom stereocenters. The highest BCUT2D eigenvalue weighted by atomic mass is 32.2. The van der Waals surface area contributed by atoms with E-state index in [1.54, 1.807) is 25.1 Å². The summed E-state index contributed by atoms with van der Waals surface area (Å²) < 4.78 is 47.4. The van der Waals surface area contributed by atoms with Gasteiger partial charge in [-0.3, -0.25) is 9.10 Å². The van der Waals surface area contributed by atoms with E-state index in [0.717, 1.165) is 15.9 Å². The minimum absolute atomic E-state index is 0.0352. The molecule has 3 aromatic carbocycles. The first-order valence-electron chi connectivity index (χ1n) is 10.1. The quantitative estimate of drug-likeness (QED) is 0.530. The molecule has 8 heteroatoms. The predicted octanol–water partition coefficient (Wildman–Crippen LogP) is 3.91. The summed E-state index contributed by atoms with van der Waals surface area (Å²) in [5.41, 5.74) is 0.765. The molecule has 1 atom stereocenters. The van der Waals surface area contributed by atoms with Crippen molar-refractivity contribution in [2.75, 3.05) is 17.5 Å². The van der Waals surface area contributed by atoms with Gasteiger partial charge in [0.2, 0.25) is 5.91 Å². The Morgan fingerprint density at radius 1 is 1.00 bits per heavy atom. The summed E-state index contributed by atoms with van der Waals surface area (Å²) in [5.74, 6) is -0.613. The van der Waals surface area contributed by atoms with Gasteiger partial charge in [-0.25, -0.2) is 12.8 Å². The number of amides is 1. The molecule has 0 aliphatic rings. The number of benzene rings is 3. The lowest BCUT2D eigenvalue weighted by molar-refractivity contribution is -0.120. The number of rotatable bonds is 9. The molecular weight excluding hydrogens is 431 g/mol. The smallest absolute Gasteiger partial charge is 0.264 e. The number of sulfonamides is 1. The zero-order valence-corrected chi connectivity index (χ0v) is 18.7. The maximum Gasteiger partial charge on any atom is 0.264 e. The van der Waals surface area contributed by atoms with E-state index in [9.17, 15) is 17.6 Å². The Morgan fingerprint density at radius 3 is 2.31 bits per heavy atom.